The lowest BCUT2D eigenvalue weighted by atomic mass is 10.0. The third kappa shape index (κ3) is 4.07. The van der Waals surface area contributed by atoms with E-state index < -0.39 is 0 Å². The quantitative estimate of drug-likeness (QED) is 0.910. The average molecular weight is 340 g/mol. The lowest BCUT2D eigenvalue weighted by Gasteiger charge is -2.34. The summed E-state index contributed by atoms with van der Waals surface area (Å²) in [6, 6.07) is 7.24. The van der Waals surface area contributed by atoms with E-state index in [-0.39, 0.29) is 17.9 Å². The normalized spacial score (nSPS) is 17.3. The molecule has 1 fully saturated rings. The average Bonchev–Trinajstić information content (AvgIpc) is 3.17. The number of carbonyl (C=O) groups excluding carboxylic acids is 2. The van der Waals surface area contributed by atoms with Crippen LogP contribution < -0.4 is 5.32 Å². The Kier molecular flexibility index (Phi) is 5.48. The van der Waals surface area contributed by atoms with Crippen LogP contribution in [0.1, 0.15) is 39.0 Å². The molecule has 3 rings (SSSR count). The summed E-state index contributed by atoms with van der Waals surface area (Å²) in [4.78, 5) is 30.9. The standard InChI is InChI=1S/C19H24N4O2/c1-2-6-18(24)23-11-4-3-9-17(23)19(25)21-15-7-5-8-16(13-15)22-12-10-20-14-22/h5,7-8,10,12-14,17H,2-4,6,9,11H2,1H3,(H,21,25)/t17-/m1/s1. The summed E-state index contributed by atoms with van der Waals surface area (Å²) in [6.07, 6.45) is 9.25. The Balaban J connectivity index is 1.72. The van der Waals surface area contributed by atoms with Crippen LogP contribution in [-0.4, -0.2) is 38.9 Å². The van der Waals surface area contributed by atoms with Gasteiger partial charge < -0.3 is 14.8 Å². The maximum absolute atomic E-state index is 12.8. The number of hydrogen-bond donors (Lipinski definition) is 1. The molecular weight excluding hydrogens is 316 g/mol. The predicted octanol–water partition coefficient (Wildman–Crippen LogP) is 2.99. The van der Waals surface area contributed by atoms with Gasteiger partial charge in [-0.1, -0.05) is 13.0 Å². The van der Waals surface area contributed by atoms with Crippen LogP contribution in [0.5, 0.6) is 0 Å². The van der Waals surface area contributed by atoms with E-state index in [0.717, 1.165) is 37.1 Å². The van der Waals surface area contributed by atoms with Gasteiger partial charge in [0.15, 0.2) is 0 Å². The minimum absolute atomic E-state index is 0.0783. The second-order valence-corrected chi connectivity index (χ2v) is 6.36. The van der Waals surface area contributed by atoms with E-state index in [0.29, 0.717) is 13.0 Å². The first-order valence-corrected chi connectivity index (χ1v) is 8.87. The van der Waals surface area contributed by atoms with Gasteiger partial charge in [0.2, 0.25) is 11.8 Å². The number of rotatable bonds is 5. The summed E-state index contributed by atoms with van der Waals surface area (Å²) in [5.74, 6) is -0.0264. The number of nitrogens with one attached hydrogen (secondary N) is 1. The van der Waals surface area contributed by atoms with Gasteiger partial charge in [0, 0.05) is 36.7 Å². The van der Waals surface area contributed by atoms with Crippen molar-refractivity contribution in [2.75, 3.05) is 11.9 Å². The fourth-order valence-corrected chi connectivity index (χ4v) is 3.24. The third-order valence-electron chi connectivity index (χ3n) is 4.51. The van der Waals surface area contributed by atoms with Gasteiger partial charge in [0.05, 0.1) is 6.33 Å². The Morgan fingerprint density at radius 3 is 2.96 bits per heavy atom. The lowest BCUT2D eigenvalue weighted by Crippen LogP contribution is -2.49. The zero-order valence-electron chi connectivity index (χ0n) is 14.5. The molecule has 0 saturated carbocycles. The molecule has 1 aliphatic heterocycles. The first-order valence-electron chi connectivity index (χ1n) is 8.87. The largest absolute Gasteiger partial charge is 0.331 e. The molecule has 25 heavy (non-hydrogen) atoms. The molecule has 1 aliphatic rings. The molecule has 1 saturated heterocycles. The van der Waals surface area contributed by atoms with Crippen LogP contribution in [-0.2, 0) is 9.59 Å². The first kappa shape index (κ1) is 17.2. The highest BCUT2D eigenvalue weighted by Gasteiger charge is 2.31. The maximum Gasteiger partial charge on any atom is 0.247 e. The maximum atomic E-state index is 12.8. The molecule has 1 aromatic heterocycles. The topological polar surface area (TPSA) is 67.2 Å². The molecule has 2 amide bonds. The molecule has 1 aromatic carbocycles. The van der Waals surface area contributed by atoms with Crippen LogP contribution in [0.25, 0.3) is 5.69 Å². The van der Waals surface area contributed by atoms with Gasteiger partial charge in [-0.25, -0.2) is 4.98 Å². The highest BCUT2D eigenvalue weighted by Crippen LogP contribution is 2.21. The molecule has 0 unspecified atom stereocenters. The van der Waals surface area contributed by atoms with E-state index in [2.05, 4.69) is 10.3 Å². The Morgan fingerprint density at radius 2 is 2.20 bits per heavy atom. The molecule has 2 aromatic rings. The predicted molar refractivity (Wildman–Crippen MR) is 96.5 cm³/mol. The summed E-state index contributed by atoms with van der Waals surface area (Å²) in [5.41, 5.74) is 1.66. The van der Waals surface area contributed by atoms with Crippen molar-refractivity contribution in [2.24, 2.45) is 0 Å². The third-order valence-corrected chi connectivity index (χ3v) is 4.51. The van der Waals surface area contributed by atoms with E-state index in [1.807, 2.05) is 42.0 Å². The number of nitrogens with zero attached hydrogens (tertiary/aromatic N) is 3. The summed E-state index contributed by atoms with van der Waals surface area (Å²) in [5, 5.41) is 2.97. The lowest BCUT2D eigenvalue weighted by molar-refractivity contribution is -0.140. The molecule has 0 aliphatic carbocycles. The zero-order chi connectivity index (χ0) is 17.6. The van der Waals surface area contributed by atoms with Gasteiger partial charge >= 0.3 is 0 Å². The van der Waals surface area contributed by atoms with Crippen LogP contribution in [0.15, 0.2) is 43.0 Å². The number of hydrogen-bond acceptors (Lipinski definition) is 3. The fraction of sp³-hybridized carbons (Fsp3) is 0.421. The number of likely N-dealkylation sites (tertiary alicyclic amines) is 1. The summed E-state index contributed by atoms with van der Waals surface area (Å²) in [6.45, 7) is 2.66. The first-order chi connectivity index (χ1) is 12.2. The number of imidazole rings is 1. The van der Waals surface area contributed by atoms with Gasteiger partial charge in [-0.15, -0.1) is 0 Å². The molecule has 2 heterocycles. The minimum Gasteiger partial charge on any atom is -0.331 e. The minimum atomic E-state index is -0.371. The van der Waals surface area contributed by atoms with Crippen molar-refractivity contribution in [3.63, 3.8) is 0 Å². The second-order valence-electron chi connectivity index (χ2n) is 6.36. The zero-order valence-corrected chi connectivity index (χ0v) is 14.5. The van der Waals surface area contributed by atoms with Crippen LogP contribution in [0.3, 0.4) is 0 Å². The smallest absolute Gasteiger partial charge is 0.247 e. The van der Waals surface area contributed by atoms with Gasteiger partial charge in [-0.2, -0.15) is 0 Å². The Bertz CT molecular complexity index is 727. The van der Waals surface area contributed by atoms with Gasteiger partial charge in [0.25, 0.3) is 0 Å². The Labute approximate surface area is 147 Å². The number of carbonyl (C=O) groups is 2. The molecule has 0 radical (unpaired) electrons. The van der Waals surface area contributed by atoms with Gasteiger partial charge in [-0.3, -0.25) is 9.59 Å². The number of aromatic nitrogens is 2. The SMILES string of the molecule is CCCC(=O)N1CCCC[C@@H]1C(=O)Nc1cccc(-n2ccnc2)c1. The van der Waals surface area contributed by atoms with E-state index in [1.165, 1.54) is 0 Å². The Hall–Kier alpha value is -2.63. The molecule has 0 bridgehead atoms. The van der Waals surface area contributed by atoms with E-state index in [1.54, 1.807) is 17.4 Å². The molecule has 6 nitrogen and oxygen atoms in total. The monoisotopic (exact) mass is 340 g/mol. The molecule has 1 N–H and O–H groups in total. The van der Waals surface area contributed by atoms with E-state index in [4.69, 9.17) is 0 Å². The highest BCUT2D eigenvalue weighted by atomic mass is 16.2. The number of amides is 2. The van der Waals surface area contributed by atoms with Crippen molar-refractivity contribution in [1.29, 1.82) is 0 Å². The van der Waals surface area contributed by atoms with Gasteiger partial charge in [-0.05, 0) is 43.9 Å². The number of piperidine rings is 1. The molecule has 1 atom stereocenters. The van der Waals surface area contributed by atoms with Crippen molar-refractivity contribution < 1.29 is 9.59 Å². The summed E-state index contributed by atoms with van der Waals surface area (Å²) < 4.78 is 1.88. The van der Waals surface area contributed by atoms with Crippen LogP contribution in [0, 0.1) is 0 Å². The second kappa shape index (κ2) is 7.96. The van der Waals surface area contributed by atoms with E-state index in [9.17, 15) is 9.59 Å². The highest BCUT2D eigenvalue weighted by molar-refractivity contribution is 5.97. The number of anilines is 1. The van der Waals surface area contributed by atoms with Crippen LogP contribution in [0.4, 0.5) is 5.69 Å². The van der Waals surface area contributed by atoms with Crippen molar-refractivity contribution in [2.45, 2.75) is 45.1 Å². The van der Waals surface area contributed by atoms with E-state index >= 15 is 0 Å². The summed E-state index contributed by atoms with van der Waals surface area (Å²) >= 11 is 0. The molecular formula is C19H24N4O2. The molecule has 0 spiro atoms. The Morgan fingerprint density at radius 1 is 1.32 bits per heavy atom. The number of benzene rings is 1. The fourth-order valence-electron chi connectivity index (χ4n) is 3.24. The molecule has 132 valence electrons. The molecule has 6 heteroatoms. The van der Waals surface area contributed by atoms with Crippen LogP contribution >= 0.6 is 0 Å². The van der Waals surface area contributed by atoms with Crippen molar-refractivity contribution >= 4 is 17.5 Å². The van der Waals surface area contributed by atoms with Gasteiger partial charge in [0.1, 0.15) is 6.04 Å². The van der Waals surface area contributed by atoms with Crippen LogP contribution in [0.2, 0.25) is 0 Å². The van der Waals surface area contributed by atoms with Crippen molar-refractivity contribution in [1.82, 2.24) is 14.5 Å². The van der Waals surface area contributed by atoms with Crippen molar-refractivity contribution in [3.05, 3.63) is 43.0 Å². The van der Waals surface area contributed by atoms with Crippen molar-refractivity contribution in [3.8, 4) is 5.69 Å². The summed E-state index contributed by atoms with van der Waals surface area (Å²) in [7, 11) is 0.